The van der Waals surface area contributed by atoms with Crippen molar-refractivity contribution in [2.24, 2.45) is 0 Å². The van der Waals surface area contributed by atoms with E-state index in [9.17, 15) is 19.2 Å². The van der Waals surface area contributed by atoms with Gasteiger partial charge in [0.2, 0.25) is 5.91 Å². The maximum atomic E-state index is 13.3. The van der Waals surface area contributed by atoms with E-state index in [0.717, 1.165) is 17.3 Å². The van der Waals surface area contributed by atoms with Crippen LogP contribution in [0.15, 0.2) is 65.2 Å². The monoisotopic (exact) mass is 396 g/mol. The van der Waals surface area contributed by atoms with E-state index in [0.29, 0.717) is 12.1 Å². The number of halogens is 1. The topological polar surface area (TPSA) is 70.4 Å². The molecule has 1 heterocycles. The van der Waals surface area contributed by atoms with E-state index in [2.05, 4.69) is 0 Å². The standard InChI is InChI=1S/C21H17FN2O3S/c1-2-27-21(26)17(13-23)20-24(16-10-8-15(22)9-11-16)19(25)18(28-20)12-14-6-4-3-5-7-14/h3-11,18H,2,12H2,1H3. The molecule has 1 amide bonds. The van der Waals surface area contributed by atoms with Crippen molar-refractivity contribution < 1.29 is 18.7 Å². The summed E-state index contributed by atoms with van der Waals surface area (Å²) in [5.41, 5.74) is 1.12. The van der Waals surface area contributed by atoms with Crippen LogP contribution in [0.3, 0.4) is 0 Å². The summed E-state index contributed by atoms with van der Waals surface area (Å²) in [4.78, 5) is 26.7. The Morgan fingerprint density at radius 3 is 2.50 bits per heavy atom. The van der Waals surface area contributed by atoms with Crippen LogP contribution >= 0.6 is 11.8 Å². The van der Waals surface area contributed by atoms with Gasteiger partial charge in [0.15, 0.2) is 5.57 Å². The third kappa shape index (κ3) is 4.07. The fraction of sp³-hybridized carbons (Fsp3) is 0.190. The number of thioether (sulfide) groups is 1. The molecule has 0 bridgehead atoms. The van der Waals surface area contributed by atoms with Crippen molar-refractivity contribution in [3.8, 4) is 6.07 Å². The Bertz CT molecular complexity index is 952. The highest BCUT2D eigenvalue weighted by Gasteiger charge is 2.41. The van der Waals surface area contributed by atoms with Crippen LogP contribution in [0.5, 0.6) is 0 Å². The molecular formula is C21H17FN2O3S. The average molecular weight is 396 g/mol. The Balaban J connectivity index is 2.03. The molecule has 0 spiro atoms. The molecule has 1 atom stereocenters. The third-order valence-corrected chi connectivity index (χ3v) is 5.37. The number of nitriles is 1. The first-order valence-corrected chi connectivity index (χ1v) is 9.54. The number of anilines is 1. The predicted molar refractivity (Wildman–Crippen MR) is 105 cm³/mol. The van der Waals surface area contributed by atoms with Gasteiger partial charge in [0, 0.05) is 5.69 Å². The molecule has 28 heavy (non-hydrogen) atoms. The van der Waals surface area contributed by atoms with Crippen LogP contribution < -0.4 is 4.90 Å². The smallest absolute Gasteiger partial charge is 0.351 e. The van der Waals surface area contributed by atoms with Gasteiger partial charge in [-0.25, -0.2) is 9.18 Å². The summed E-state index contributed by atoms with van der Waals surface area (Å²) in [5.74, 6) is -1.50. The molecule has 1 unspecified atom stereocenters. The lowest BCUT2D eigenvalue weighted by atomic mass is 10.1. The van der Waals surface area contributed by atoms with Gasteiger partial charge >= 0.3 is 5.97 Å². The maximum Gasteiger partial charge on any atom is 0.351 e. The second-order valence-electron chi connectivity index (χ2n) is 5.96. The summed E-state index contributed by atoms with van der Waals surface area (Å²) < 4.78 is 18.3. The summed E-state index contributed by atoms with van der Waals surface area (Å²) in [6.07, 6.45) is 0.438. The summed E-state index contributed by atoms with van der Waals surface area (Å²) in [5, 5.41) is 9.23. The van der Waals surface area contributed by atoms with Crippen LogP contribution in [0.25, 0.3) is 0 Å². The van der Waals surface area contributed by atoms with Crippen LogP contribution in [-0.2, 0) is 20.7 Å². The Labute approximate surface area is 166 Å². The van der Waals surface area contributed by atoms with Crippen molar-refractivity contribution in [1.82, 2.24) is 0 Å². The summed E-state index contributed by atoms with van der Waals surface area (Å²) in [7, 11) is 0. The van der Waals surface area contributed by atoms with Crippen molar-refractivity contribution in [2.75, 3.05) is 11.5 Å². The van der Waals surface area contributed by atoms with Gasteiger partial charge in [-0.05, 0) is 43.2 Å². The maximum absolute atomic E-state index is 13.3. The molecule has 1 aliphatic heterocycles. The van der Waals surface area contributed by atoms with Gasteiger partial charge in [-0.15, -0.1) is 0 Å². The number of nitrogens with zero attached hydrogens (tertiary/aromatic N) is 2. The molecule has 2 aromatic rings. The predicted octanol–water partition coefficient (Wildman–Crippen LogP) is 3.82. The van der Waals surface area contributed by atoms with Crippen LogP contribution in [0, 0.1) is 17.1 Å². The normalized spacial score (nSPS) is 18.0. The number of benzene rings is 2. The fourth-order valence-electron chi connectivity index (χ4n) is 2.83. The van der Waals surface area contributed by atoms with Gasteiger partial charge in [-0.2, -0.15) is 5.26 Å². The molecule has 1 saturated heterocycles. The average Bonchev–Trinajstić information content (AvgIpc) is 3.00. The Morgan fingerprint density at radius 1 is 1.21 bits per heavy atom. The Morgan fingerprint density at radius 2 is 1.89 bits per heavy atom. The zero-order valence-electron chi connectivity index (χ0n) is 15.1. The quantitative estimate of drug-likeness (QED) is 0.437. The van der Waals surface area contributed by atoms with Gasteiger partial charge in [0.25, 0.3) is 0 Å². The van der Waals surface area contributed by atoms with E-state index in [4.69, 9.17) is 4.74 Å². The molecule has 1 fully saturated rings. The van der Waals surface area contributed by atoms with Gasteiger partial charge in [-0.3, -0.25) is 9.69 Å². The SMILES string of the molecule is CCOC(=O)C(C#N)=C1SC(Cc2ccccc2)C(=O)N1c1ccc(F)cc1. The first-order chi connectivity index (χ1) is 13.5. The number of hydrogen-bond donors (Lipinski definition) is 0. The molecule has 0 radical (unpaired) electrons. The number of carbonyl (C=O) groups excluding carboxylic acids is 2. The summed E-state index contributed by atoms with van der Waals surface area (Å²) >= 11 is 1.15. The van der Waals surface area contributed by atoms with Crippen molar-refractivity contribution in [3.63, 3.8) is 0 Å². The number of amides is 1. The van der Waals surface area contributed by atoms with E-state index < -0.39 is 17.0 Å². The van der Waals surface area contributed by atoms with E-state index in [1.54, 1.807) is 6.92 Å². The van der Waals surface area contributed by atoms with Crippen molar-refractivity contribution in [3.05, 3.63) is 76.6 Å². The second-order valence-corrected chi connectivity index (χ2v) is 7.15. The minimum absolute atomic E-state index is 0.111. The highest BCUT2D eigenvalue weighted by molar-refractivity contribution is 8.05. The van der Waals surface area contributed by atoms with Gasteiger partial charge in [-0.1, -0.05) is 42.1 Å². The zero-order valence-corrected chi connectivity index (χ0v) is 15.9. The molecule has 7 heteroatoms. The number of ether oxygens (including phenoxy) is 1. The lowest BCUT2D eigenvalue weighted by molar-refractivity contribution is -0.138. The first-order valence-electron chi connectivity index (χ1n) is 8.66. The molecular weight excluding hydrogens is 379 g/mol. The van der Waals surface area contributed by atoms with E-state index in [1.165, 1.54) is 29.2 Å². The highest BCUT2D eigenvalue weighted by atomic mass is 32.2. The van der Waals surface area contributed by atoms with Crippen molar-refractivity contribution in [1.29, 1.82) is 5.26 Å². The lowest BCUT2D eigenvalue weighted by Gasteiger charge is -2.18. The second kappa shape index (κ2) is 8.72. The molecule has 3 rings (SSSR count). The van der Waals surface area contributed by atoms with Crippen LogP contribution in [0.2, 0.25) is 0 Å². The molecule has 0 saturated carbocycles. The Hall–Kier alpha value is -3.11. The molecule has 0 aromatic heterocycles. The van der Waals surface area contributed by atoms with Crippen LogP contribution in [0.1, 0.15) is 12.5 Å². The zero-order chi connectivity index (χ0) is 20.1. The van der Waals surface area contributed by atoms with Crippen LogP contribution in [-0.4, -0.2) is 23.7 Å². The van der Waals surface area contributed by atoms with E-state index in [-0.39, 0.29) is 23.1 Å². The minimum Gasteiger partial charge on any atom is -0.462 e. The van der Waals surface area contributed by atoms with Crippen molar-refractivity contribution in [2.45, 2.75) is 18.6 Å². The van der Waals surface area contributed by atoms with E-state index in [1.807, 2.05) is 36.4 Å². The van der Waals surface area contributed by atoms with Gasteiger partial charge in [0.05, 0.1) is 11.9 Å². The number of esters is 1. The summed E-state index contributed by atoms with van der Waals surface area (Å²) in [6.45, 7) is 1.75. The number of hydrogen-bond acceptors (Lipinski definition) is 5. The number of rotatable bonds is 5. The highest BCUT2D eigenvalue weighted by Crippen LogP contribution is 2.42. The minimum atomic E-state index is -0.784. The first kappa shape index (κ1) is 19.6. The van der Waals surface area contributed by atoms with Crippen LogP contribution in [0.4, 0.5) is 10.1 Å². The molecule has 1 aliphatic rings. The van der Waals surface area contributed by atoms with Gasteiger partial charge in [0.1, 0.15) is 16.9 Å². The van der Waals surface area contributed by atoms with E-state index >= 15 is 0 Å². The number of carbonyl (C=O) groups is 2. The molecule has 0 N–H and O–H groups in total. The molecule has 0 aliphatic carbocycles. The molecule has 142 valence electrons. The lowest BCUT2D eigenvalue weighted by Crippen LogP contribution is -2.30. The molecule has 5 nitrogen and oxygen atoms in total. The molecule has 2 aromatic carbocycles. The Kier molecular flexibility index (Phi) is 6.12. The third-order valence-electron chi connectivity index (χ3n) is 4.11. The van der Waals surface area contributed by atoms with Gasteiger partial charge < -0.3 is 4.74 Å². The van der Waals surface area contributed by atoms with Crippen molar-refractivity contribution >= 4 is 29.3 Å². The summed E-state index contributed by atoms with van der Waals surface area (Å²) in [6, 6.07) is 16.7. The fourth-order valence-corrected chi connectivity index (χ4v) is 4.13. The largest absolute Gasteiger partial charge is 0.462 e.